The molecule has 2 saturated heterocycles. The average Bonchev–Trinajstić information content (AvgIpc) is 1.59. The van der Waals surface area contributed by atoms with Crippen LogP contribution in [0.2, 0.25) is 0 Å². The van der Waals surface area contributed by atoms with Gasteiger partial charge in [-0.05, 0) is 231 Å². The quantitative estimate of drug-likeness (QED) is 0.0629. The Morgan fingerprint density at radius 2 is 0.689 bits per heavy atom. The van der Waals surface area contributed by atoms with Crippen molar-refractivity contribution in [1.82, 2.24) is 78.1 Å². The normalized spacial score (nSPS) is 29.2. The van der Waals surface area contributed by atoms with E-state index in [1.54, 1.807) is 23.5 Å². The lowest BCUT2D eigenvalue weighted by Crippen LogP contribution is -2.40. The Balaban J connectivity index is 0.000000106. The Morgan fingerprint density at radius 1 is 0.356 bits per heavy atom. The van der Waals surface area contributed by atoms with Gasteiger partial charge in [0.05, 0.1) is 99.2 Å². The molecule has 16 aromatic rings. The minimum Gasteiger partial charge on any atom is -0.390 e. The summed E-state index contributed by atoms with van der Waals surface area (Å²) in [6, 6.07) is 39.8. The number of hydrogen-bond acceptors (Lipinski definition) is 26. The van der Waals surface area contributed by atoms with Gasteiger partial charge in [0.2, 0.25) is 0 Å². The molecule has 5 fully saturated rings. The summed E-state index contributed by atoms with van der Waals surface area (Å²) in [5.74, 6) is 2.92. The fourth-order valence-electron chi connectivity index (χ4n) is 21.9. The number of aryl methyl sites for hydroxylation is 4. The van der Waals surface area contributed by atoms with Crippen molar-refractivity contribution in [2.24, 2.45) is 16.2 Å². The predicted octanol–water partition coefficient (Wildman–Crippen LogP) is 15.6. The summed E-state index contributed by atoms with van der Waals surface area (Å²) in [7, 11) is 0. The molecule has 6 aliphatic carbocycles. The van der Waals surface area contributed by atoms with Crippen molar-refractivity contribution in [2.45, 2.75) is 174 Å². The van der Waals surface area contributed by atoms with Crippen LogP contribution in [0.3, 0.4) is 0 Å². The van der Waals surface area contributed by atoms with E-state index in [0.29, 0.717) is 54.6 Å². The summed E-state index contributed by atoms with van der Waals surface area (Å²) in [5.41, 5.74) is 36.1. The molecule has 24 rings (SSSR count). The lowest BCUT2D eigenvalue weighted by atomic mass is 9.80. The summed E-state index contributed by atoms with van der Waals surface area (Å²) < 4.78 is 17.3. The zero-order chi connectivity index (χ0) is 91.6. The van der Waals surface area contributed by atoms with Crippen molar-refractivity contribution in [3.05, 3.63) is 271 Å². The number of halogens is 4. The summed E-state index contributed by atoms with van der Waals surface area (Å²) in [6.45, 7) is 7.76. The number of hydrogen-bond donors (Lipinski definition) is 12. The Hall–Kier alpha value is -10.7. The molecule has 3 saturated carbocycles. The first-order valence-electron chi connectivity index (χ1n) is 43.8. The Morgan fingerprint density at radius 3 is 1.08 bits per heavy atom. The van der Waals surface area contributed by atoms with Gasteiger partial charge in [-0.2, -0.15) is 11.8 Å². The molecular formula is C98H94Br4N20O9S. The number of nitrogens with two attached hydrogens (primary N) is 4. The van der Waals surface area contributed by atoms with Gasteiger partial charge in [0.15, 0.2) is 6.23 Å². The number of thioether (sulfide) groups is 1. The molecule has 8 aliphatic rings. The molecule has 674 valence electrons. The summed E-state index contributed by atoms with van der Waals surface area (Å²) in [4.78, 5) is 52.8. The van der Waals surface area contributed by atoms with Crippen molar-refractivity contribution in [3.8, 4) is 0 Å². The number of pyridine rings is 4. The first-order chi connectivity index (χ1) is 63.4. The van der Waals surface area contributed by atoms with Gasteiger partial charge in [-0.15, -0.1) is 0 Å². The van der Waals surface area contributed by atoms with E-state index < -0.39 is 71.5 Å². The largest absolute Gasteiger partial charge is 0.390 e. The molecule has 12 aromatic heterocycles. The van der Waals surface area contributed by atoms with Gasteiger partial charge in [-0.25, -0.2) is 59.8 Å². The molecule has 34 heteroatoms. The lowest BCUT2D eigenvalue weighted by molar-refractivity contribution is -0.0741. The minimum atomic E-state index is -1.10. The number of nitrogen functional groups attached to an aromatic ring is 4. The number of benzene rings is 4. The fourth-order valence-corrected chi connectivity index (χ4v) is 25.0. The number of allylic oxidation sites excluding steroid dienone is 3. The van der Waals surface area contributed by atoms with Crippen molar-refractivity contribution in [1.29, 1.82) is 0 Å². The number of aliphatic hydroxyl groups excluding tert-OH is 8. The Labute approximate surface area is 794 Å². The molecule has 0 radical (unpaired) electrons. The zero-order valence-corrected chi connectivity index (χ0v) is 79.1. The molecule has 0 bridgehead atoms. The SMILES string of the molecule is Cc1ncnc2c1ccn2C1CC2(C=CC(c3ccc4cc(Br)c(N)nc4c3)C2)C(O)C1O.Cc1ncnc2c1ccn2C1CC2(C=CC(c3ccc4cc(Br)c(N)nc4c3)C2)C(O)C1O.Cc1ncnc2c1ccn2C1CC2(CSC(c3ccc4cc(Br)c(N)nc4c3)C2)C(O)C1O.Cc1ncnc2c1ccn2C1OC2(C=CC(c3ccc4cc(Br)c(N)nc4c3)C2)C(O)C1O. The monoisotopic (exact) mass is 2040 g/mol. The predicted molar refractivity (Wildman–Crippen MR) is 523 cm³/mol. The topological polar surface area (TPSA) is 450 Å². The van der Waals surface area contributed by atoms with Crippen LogP contribution in [0.1, 0.15) is 137 Å². The standard InChI is InChI=1S/2C25H24BrN5O2.C24H22BrN5O3.C24H24BrN5O2S/c2*1-13-17-5-7-31(24(17)29-12-28-13)20-11-25(22(33)21(20)32)6-4-16(10-25)14-2-3-15-8-18(26)23(27)30-19(15)9-14;1-12-16-5-7-30(22(16)28-11-27-12)23-19(31)20(32)24(33-23)6-4-15(10-24)13-2-3-14-8-17(25)21(26)29-18(14)9-13;1-12-15-4-5-30(23(15)28-11-27-12)18-8-24(21(32)20(18)31)9-19(33-10-24)14-3-2-13-6-16(25)22(26)29-17(13)7-14/h2*2-9,12,16,20-22,32-33H,10-11H2,1H3,(H2,27,30);2-9,11,15,19-20,23,31-32H,10H2,1H3,(H2,26,29);2-7,11,18-21,31-32H,8-10H2,1H3,(H2,26,29). The molecule has 0 amide bonds. The van der Waals surface area contributed by atoms with Crippen LogP contribution in [0.15, 0.2) is 226 Å². The highest BCUT2D eigenvalue weighted by molar-refractivity contribution is 9.11. The molecule has 4 spiro atoms. The highest BCUT2D eigenvalue weighted by atomic mass is 79.9. The highest BCUT2D eigenvalue weighted by Crippen LogP contribution is 2.62. The molecular weight excluding hydrogens is 1950 g/mol. The molecule has 4 aromatic carbocycles. The maximum atomic E-state index is 11.2. The van der Waals surface area contributed by atoms with E-state index in [-0.39, 0.29) is 46.5 Å². The van der Waals surface area contributed by atoms with Crippen LogP contribution in [0, 0.1) is 43.9 Å². The smallest absolute Gasteiger partial charge is 0.165 e. The van der Waals surface area contributed by atoms with Crippen LogP contribution in [-0.2, 0) is 4.74 Å². The first kappa shape index (κ1) is 88.0. The van der Waals surface area contributed by atoms with E-state index in [2.05, 4.69) is 208 Å². The molecule has 20 unspecified atom stereocenters. The van der Waals surface area contributed by atoms with Crippen LogP contribution in [0.25, 0.3) is 87.7 Å². The van der Waals surface area contributed by atoms with E-state index in [1.807, 2.05) is 151 Å². The van der Waals surface area contributed by atoms with Gasteiger partial charge in [0.25, 0.3) is 0 Å². The third-order valence-electron chi connectivity index (χ3n) is 29.2. The van der Waals surface area contributed by atoms with Crippen molar-refractivity contribution >= 4 is 186 Å². The van der Waals surface area contributed by atoms with E-state index in [1.165, 1.54) is 11.9 Å². The second-order valence-electron chi connectivity index (χ2n) is 36.8. The third kappa shape index (κ3) is 15.0. The van der Waals surface area contributed by atoms with Crippen LogP contribution in [-0.4, -0.2) is 179 Å². The summed E-state index contributed by atoms with van der Waals surface area (Å²) in [5, 5.41) is 96.8. The average molecular weight is 2050 g/mol. The Bertz CT molecular complexity index is 6910. The second-order valence-corrected chi connectivity index (χ2v) is 41.4. The van der Waals surface area contributed by atoms with Gasteiger partial charge in [-0.3, -0.25) is 0 Å². The third-order valence-corrected chi connectivity index (χ3v) is 33.3. The molecule has 132 heavy (non-hydrogen) atoms. The molecule has 2 aliphatic heterocycles. The fraction of sp³-hybridized carbons (Fsp3) is 0.327. The van der Waals surface area contributed by atoms with E-state index in [0.717, 1.165) is 164 Å². The number of nitrogens with zero attached hydrogens (tertiary/aromatic N) is 16. The summed E-state index contributed by atoms with van der Waals surface area (Å²) >= 11 is 15.6. The molecule has 29 nitrogen and oxygen atoms in total. The van der Waals surface area contributed by atoms with Gasteiger partial charge in [-0.1, -0.05) is 85.0 Å². The van der Waals surface area contributed by atoms with Crippen LogP contribution in [0.4, 0.5) is 23.3 Å². The van der Waals surface area contributed by atoms with Crippen LogP contribution >= 0.6 is 75.5 Å². The van der Waals surface area contributed by atoms with Gasteiger partial charge < -0.3 is 86.8 Å². The molecule has 20 atom stereocenters. The van der Waals surface area contributed by atoms with E-state index >= 15 is 0 Å². The van der Waals surface area contributed by atoms with E-state index in [9.17, 15) is 40.9 Å². The van der Waals surface area contributed by atoms with Crippen molar-refractivity contribution < 1.29 is 45.6 Å². The number of rotatable bonds is 8. The number of ether oxygens (including phenoxy) is 1. The highest BCUT2D eigenvalue weighted by Gasteiger charge is 2.60. The number of aliphatic hydroxyl groups is 8. The Kier molecular flexibility index (Phi) is 22.5. The number of fused-ring (bicyclic) bond motifs is 8. The second kappa shape index (κ2) is 33.7. The summed E-state index contributed by atoms with van der Waals surface area (Å²) in [6.07, 6.45) is 23.0. The van der Waals surface area contributed by atoms with Crippen LogP contribution in [0.5, 0.6) is 0 Å². The van der Waals surface area contributed by atoms with Crippen molar-refractivity contribution in [3.63, 3.8) is 0 Å². The van der Waals surface area contributed by atoms with Gasteiger partial charge in [0.1, 0.15) is 107 Å². The number of aromatic nitrogens is 16. The van der Waals surface area contributed by atoms with Crippen molar-refractivity contribution in [2.75, 3.05) is 28.7 Å². The van der Waals surface area contributed by atoms with E-state index in [4.69, 9.17) is 27.7 Å². The minimum absolute atomic E-state index is 0.00708. The zero-order valence-electron chi connectivity index (χ0n) is 71.9. The molecule has 14 heterocycles. The van der Waals surface area contributed by atoms with Crippen LogP contribution < -0.4 is 22.9 Å². The maximum absolute atomic E-state index is 11.2. The maximum Gasteiger partial charge on any atom is 0.165 e. The van der Waals surface area contributed by atoms with Gasteiger partial charge in [0, 0.05) is 113 Å². The van der Waals surface area contributed by atoms with Gasteiger partial charge >= 0.3 is 0 Å². The lowest BCUT2D eigenvalue weighted by Gasteiger charge is -2.27. The molecule has 16 N–H and O–H groups in total. The number of anilines is 4. The first-order valence-corrected chi connectivity index (χ1v) is 48.0.